The molecule has 3 N–H and O–H groups in total. The zero-order valence-electron chi connectivity index (χ0n) is 17.9. The summed E-state index contributed by atoms with van der Waals surface area (Å²) in [5, 5.41) is 9.47. The Bertz CT molecular complexity index is 914. The third-order valence-corrected chi connectivity index (χ3v) is 5.15. The summed E-state index contributed by atoms with van der Waals surface area (Å²) in [5.74, 6) is -0.480. The molecule has 2 aromatic rings. The average molecular weight is 430 g/mol. The Labute approximate surface area is 181 Å². The Morgan fingerprint density at radius 3 is 2.65 bits per heavy atom. The maximum atomic E-state index is 14.1. The minimum absolute atomic E-state index is 0.00200. The van der Waals surface area contributed by atoms with Crippen molar-refractivity contribution in [2.45, 2.75) is 38.8 Å². The summed E-state index contributed by atoms with van der Waals surface area (Å²) in [5.41, 5.74) is 1.79. The molecule has 31 heavy (non-hydrogen) atoms. The zero-order valence-corrected chi connectivity index (χ0v) is 17.9. The van der Waals surface area contributed by atoms with Crippen LogP contribution in [0.5, 0.6) is 0 Å². The highest BCUT2D eigenvalue weighted by Gasteiger charge is 2.27. The van der Waals surface area contributed by atoms with E-state index in [9.17, 15) is 13.6 Å². The Hall–Kier alpha value is -3.16. The largest absolute Gasteiger partial charge is 0.365 e. The van der Waals surface area contributed by atoms with Gasteiger partial charge in [-0.15, -0.1) is 0 Å². The molecule has 1 heterocycles. The molecule has 1 fully saturated rings. The highest BCUT2D eigenvalue weighted by atomic mass is 19.1. The molecule has 1 unspecified atom stereocenters. The summed E-state index contributed by atoms with van der Waals surface area (Å²) >= 11 is 0. The van der Waals surface area contributed by atoms with Crippen LogP contribution in [-0.2, 0) is 11.3 Å². The molecule has 0 aromatic heterocycles. The van der Waals surface area contributed by atoms with Crippen molar-refractivity contribution in [1.82, 2.24) is 10.6 Å². The van der Waals surface area contributed by atoms with Crippen molar-refractivity contribution in [2.75, 3.05) is 30.4 Å². The molecule has 2 aromatic carbocycles. The van der Waals surface area contributed by atoms with E-state index in [0.717, 1.165) is 24.1 Å². The topological polar surface area (TPSA) is 68.8 Å². The van der Waals surface area contributed by atoms with Crippen molar-refractivity contribution in [3.63, 3.8) is 0 Å². The van der Waals surface area contributed by atoms with Gasteiger partial charge in [0.05, 0.1) is 0 Å². The summed E-state index contributed by atoms with van der Waals surface area (Å²) in [7, 11) is 1.68. The number of guanidine groups is 1. The Morgan fingerprint density at radius 1 is 1.19 bits per heavy atom. The molecular weight excluding hydrogens is 400 g/mol. The van der Waals surface area contributed by atoms with Crippen LogP contribution in [0, 0.1) is 11.6 Å². The summed E-state index contributed by atoms with van der Waals surface area (Å²) in [4.78, 5) is 17.8. The lowest BCUT2D eigenvalue weighted by Gasteiger charge is -2.21. The molecule has 0 saturated carbocycles. The normalized spacial score (nSPS) is 16.3. The van der Waals surface area contributed by atoms with E-state index in [1.807, 2.05) is 31.2 Å². The number of nitrogens with one attached hydrogen (secondary N) is 3. The first kappa shape index (κ1) is 22.5. The number of nitrogens with zero attached hydrogens (tertiary/aromatic N) is 2. The molecule has 8 heteroatoms. The van der Waals surface area contributed by atoms with E-state index in [0.29, 0.717) is 32.0 Å². The van der Waals surface area contributed by atoms with Crippen LogP contribution >= 0.6 is 0 Å². The van der Waals surface area contributed by atoms with E-state index in [1.54, 1.807) is 11.9 Å². The van der Waals surface area contributed by atoms with E-state index in [4.69, 9.17) is 0 Å². The summed E-state index contributed by atoms with van der Waals surface area (Å²) in [6.45, 7) is 3.54. The third-order valence-electron chi connectivity index (χ3n) is 5.15. The standard InChI is InChI=1S/C23H29F2N5O/c1-3-6-21(31)28-17-8-4-7-16(13-17)14-27-23(26-2)29-18-11-12-30(15-18)22-19(24)9-5-10-20(22)25/h4-5,7-10,13,18H,3,6,11-12,14-15H2,1-2H3,(H,28,31)(H2,26,27,29). The van der Waals surface area contributed by atoms with Gasteiger partial charge in [-0.3, -0.25) is 9.79 Å². The fourth-order valence-corrected chi connectivity index (χ4v) is 3.66. The van der Waals surface area contributed by atoms with E-state index < -0.39 is 11.6 Å². The first-order valence-corrected chi connectivity index (χ1v) is 10.5. The van der Waals surface area contributed by atoms with Gasteiger partial charge >= 0.3 is 0 Å². The van der Waals surface area contributed by atoms with Gasteiger partial charge in [-0.25, -0.2) is 8.78 Å². The first-order valence-electron chi connectivity index (χ1n) is 10.5. The van der Waals surface area contributed by atoms with Crippen molar-refractivity contribution in [3.05, 3.63) is 59.7 Å². The lowest BCUT2D eigenvalue weighted by molar-refractivity contribution is -0.116. The van der Waals surface area contributed by atoms with Crippen molar-refractivity contribution < 1.29 is 13.6 Å². The van der Waals surface area contributed by atoms with Crippen LogP contribution in [0.4, 0.5) is 20.2 Å². The number of para-hydroxylation sites is 1. The molecule has 6 nitrogen and oxygen atoms in total. The SMILES string of the molecule is CCCC(=O)Nc1cccc(CNC(=NC)NC2CCN(c3c(F)cccc3F)C2)c1. The number of hydrogen-bond donors (Lipinski definition) is 3. The molecule has 166 valence electrons. The maximum Gasteiger partial charge on any atom is 0.224 e. The predicted molar refractivity (Wildman–Crippen MR) is 120 cm³/mol. The van der Waals surface area contributed by atoms with Crippen LogP contribution in [0.2, 0.25) is 0 Å². The molecule has 0 bridgehead atoms. The predicted octanol–water partition coefficient (Wildman–Crippen LogP) is 3.65. The van der Waals surface area contributed by atoms with Crippen molar-refractivity contribution in [2.24, 2.45) is 4.99 Å². The fraction of sp³-hybridized carbons (Fsp3) is 0.391. The molecule has 0 aliphatic carbocycles. The van der Waals surface area contributed by atoms with E-state index in [-0.39, 0.29) is 17.6 Å². The van der Waals surface area contributed by atoms with Crippen LogP contribution in [0.25, 0.3) is 0 Å². The van der Waals surface area contributed by atoms with Crippen LogP contribution < -0.4 is 20.9 Å². The lowest BCUT2D eigenvalue weighted by atomic mass is 10.2. The van der Waals surface area contributed by atoms with Gasteiger partial charge in [0.15, 0.2) is 5.96 Å². The van der Waals surface area contributed by atoms with Gasteiger partial charge in [0.25, 0.3) is 0 Å². The molecule has 1 aliphatic heterocycles. The average Bonchev–Trinajstić information content (AvgIpc) is 3.19. The maximum absolute atomic E-state index is 14.1. The first-order chi connectivity index (χ1) is 15.0. The van der Waals surface area contributed by atoms with Gasteiger partial charge < -0.3 is 20.9 Å². The Kier molecular flexibility index (Phi) is 7.81. The molecule has 0 spiro atoms. The van der Waals surface area contributed by atoms with Gasteiger partial charge in [-0.1, -0.05) is 25.1 Å². The number of halogens is 2. The van der Waals surface area contributed by atoms with Crippen LogP contribution in [0.3, 0.4) is 0 Å². The van der Waals surface area contributed by atoms with Gasteiger partial charge in [-0.2, -0.15) is 0 Å². The molecule has 1 aliphatic rings. The van der Waals surface area contributed by atoms with Crippen molar-refractivity contribution >= 4 is 23.2 Å². The van der Waals surface area contributed by atoms with Gasteiger partial charge in [0.2, 0.25) is 5.91 Å². The van der Waals surface area contributed by atoms with Gasteiger partial charge in [-0.05, 0) is 42.7 Å². The van der Waals surface area contributed by atoms with Gasteiger partial charge in [0, 0.05) is 44.8 Å². The molecule has 3 rings (SSSR count). The zero-order chi connectivity index (χ0) is 22.2. The van der Waals surface area contributed by atoms with E-state index in [2.05, 4.69) is 20.9 Å². The molecule has 1 saturated heterocycles. The second-order valence-corrected chi connectivity index (χ2v) is 7.57. The second kappa shape index (κ2) is 10.7. The number of hydrogen-bond acceptors (Lipinski definition) is 3. The van der Waals surface area contributed by atoms with E-state index in [1.165, 1.54) is 18.2 Å². The molecular formula is C23H29F2N5O. The number of aliphatic imine (C=N–C) groups is 1. The van der Waals surface area contributed by atoms with Crippen LogP contribution in [0.15, 0.2) is 47.5 Å². The van der Waals surface area contributed by atoms with Gasteiger partial charge in [0.1, 0.15) is 17.3 Å². The minimum atomic E-state index is -0.547. The quantitative estimate of drug-likeness (QED) is 0.464. The van der Waals surface area contributed by atoms with Crippen LogP contribution in [0.1, 0.15) is 31.7 Å². The second-order valence-electron chi connectivity index (χ2n) is 7.57. The Morgan fingerprint density at radius 2 is 1.94 bits per heavy atom. The summed E-state index contributed by atoms with van der Waals surface area (Å²) in [6.07, 6.45) is 2.04. The monoisotopic (exact) mass is 429 g/mol. The highest BCUT2D eigenvalue weighted by Crippen LogP contribution is 2.26. The number of benzene rings is 2. The minimum Gasteiger partial charge on any atom is -0.365 e. The molecule has 1 amide bonds. The summed E-state index contributed by atoms with van der Waals surface area (Å²) < 4.78 is 28.1. The number of amides is 1. The smallest absolute Gasteiger partial charge is 0.224 e. The highest BCUT2D eigenvalue weighted by molar-refractivity contribution is 5.90. The number of carbonyl (C=O) groups excluding carboxylic acids is 1. The molecule has 0 radical (unpaired) electrons. The van der Waals surface area contributed by atoms with Crippen molar-refractivity contribution in [1.29, 1.82) is 0 Å². The lowest BCUT2D eigenvalue weighted by Crippen LogP contribution is -2.44. The Balaban J connectivity index is 1.53. The summed E-state index contributed by atoms with van der Waals surface area (Å²) in [6, 6.07) is 11.6. The van der Waals surface area contributed by atoms with Crippen LogP contribution in [-0.4, -0.2) is 38.0 Å². The fourth-order valence-electron chi connectivity index (χ4n) is 3.66. The number of rotatable bonds is 7. The molecule has 1 atom stereocenters. The third kappa shape index (κ3) is 6.16. The number of anilines is 2. The van der Waals surface area contributed by atoms with Crippen molar-refractivity contribution in [3.8, 4) is 0 Å². The van der Waals surface area contributed by atoms with E-state index >= 15 is 0 Å². The number of carbonyl (C=O) groups is 1.